The van der Waals surface area contributed by atoms with Crippen LogP contribution >= 0.6 is 11.3 Å². The summed E-state index contributed by atoms with van der Waals surface area (Å²) >= 11 is 1.51. The van der Waals surface area contributed by atoms with Gasteiger partial charge in [-0.15, -0.1) is 11.3 Å². The first-order chi connectivity index (χ1) is 11.7. The highest BCUT2D eigenvalue weighted by Gasteiger charge is 2.29. The van der Waals surface area contributed by atoms with E-state index in [0.717, 1.165) is 17.7 Å². The maximum absolute atomic E-state index is 12.6. The first kappa shape index (κ1) is 16.4. The summed E-state index contributed by atoms with van der Waals surface area (Å²) in [4.78, 5) is 19.7. The lowest BCUT2D eigenvalue weighted by atomic mass is 10.2. The van der Waals surface area contributed by atoms with Gasteiger partial charge in [0.15, 0.2) is 0 Å². The molecule has 0 bridgehead atoms. The second-order valence-corrected chi connectivity index (χ2v) is 6.65. The van der Waals surface area contributed by atoms with E-state index in [1.165, 1.54) is 11.3 Å². The molecule has 1 fully saturated rings. The first-order valence-electron chi connectivity index (χ1n) is 7.81. The molecular formula is C17H18N4O2S. The van der Waals surface area contributed by atoms with E-state index in [-0.39, 0.29) is 18.6 Å². The molecule has 0 unspecified atom stereocenters. The number of hydrogen-bond donors (Lipinski definition) is 2. The molecule has 3 rings (SSSR count). The number of aliphatic hydroxyl groups is 1. The number of aromatic nitrogens is 1. The van der Waals surface area contributed by atoms with Crippen LogP contribution in [0.4, 0.5) is 5.82 Å². The van der Waals surface area contributed by atoms with Crippen LogP contribution < -0.4 is 5.32 Å². The Morgan fingerprint density at radius 2 is 2.42 bits per heavy atom. The van der Waals surface area contributed by atoms with Gasteiger partial charge in [0.2, 0.25) is 0 Å². The molecule has 0 spiro atoms. The zero-order valence-electron chi connectivity index (χ0n) is 13.1. The molecule has 1 atom stereocenters. The third-order valence-electron chi connectivity index (χ3n) is 4.04. The van der Waals surface area contributed by atoms with Gasteiger partial charge in [0, 0.05) is 16.8 Å². The van der Waals surface area contributed by atoms with E-state index in [0.29, 0.717) is 30.2 Å². The van der Waals surface area contributed by atoms with Gasteiger partial charge in [-0.25, -0.2) is 4.98 Å². The molecule has 24 heavy (non-hydrogen) atoms. The molecule has 124 valence electrons. The molecule has 2 N–H and O–H groups in total. The average molecular weight is 342 g/mol. The summed E-state index contributed by atoms with van der Waals surface area (Å²) in [5.41, 5.74) is 1.03. The summed E-state index contributed by atoms with van der Waals surface area (Å²) in [5, 5.41) is 23.2. The SMILES string of the molecule is N#Cc1csc(CNc2cccc(C(=O)N3CCC[C@H]3CO)n2)c1. The molecule has 2 aromatic rings. The fourth-order valence-electron chi connectivity index (χ4n) is 2.80. The average Bonchev–Trinajstić information content (AvgIpc) is 3.28. The zero-order chi connectivity index (χ0) is 16.9. The van der Waals surface area contributed by atoms with Crippen LogP contribution in [0.15, 0.2) is 29.6 Å². The van der Waals surface area contributed by atoms with Crippen molar-refractivity contribution in [2.45, 2.75) is 25.4 Å². The van der Waals surface area contributed by atoms with Gasteiger partial charge >= 0.3 is 0 Å². The quantitative estimate of drug-likeness (QED) is 0.870. The molecule has 6 nitrogen and oxygen atoms in total. The molecule has 3 heterocycles. The van der Waals surface area contributed by atoms with E-state index in [1.807, 2.05) is 17.5 Å². The van der Waals surface area contributed by atoms with Crippen LogP contribution in [0, 0.1) is 11.3 Å². The number of carbonyl (C=O) groups excluding carboxylic acids is 1. The number of amides is 1. The van der Waals surface area contributed by atoms with Crippen molar-refractivity contribution in [3.63, 3.8) is 0 Å². The van der Waals surface area contributed by atoms with Crippen LogP contribution in [-0.2, 0) is 6.54 Å². The smallest absolute Gasteiger partial charge is 0.272 e. The van der Waals surface area contributed by atoms with Crippen molar-refractivity contribution in [2.24, 2.45) is 0 Å². The third kappa shape index (κ3) is 3.55. The predicted molar refractivity (Wildman–Crippen MR) is 91.7 cm³/mol. The standard InChI is InChI=1S/C17H18N4O2S/c18-8-12-7-14(24-11-12)9-19-16-5-1-4-15(20-16)17(23)21-6-2-3-13(21)10-22/h1,4-5,7,11,13,22H,2-3,6,9-10H2,(H,19,20)/t13-/m0/s1. The Kier molecular flexibility index (Phi) is 5.08. The van der Waals surface area contributed by atoms with Crippen molar-refractivity contribution >= 4 is 23.1 Å². The van der Waals surface area contributed by atoms with Gasteiger partial charge in [-0.2, -0.15) is 5.26 Å². The summed E-state index contributed by atoms with van der Waals surface area (Å²) in [6.07, 6.45) is 1.74. The Morgan fingerprint density at radius 1 is 1.54 bits per heavy atom. The molecule has 1 aliphatic heterocycles. The lowest BCUT2D eigenvalue weighted by molar-refractivity contribution is 0.0672. The van der Waals surface area contributed by atoms with Crippen LogP contribution in [0.25, 0.3) is 0 Å². The number of nitrogens with one attached hydrogen (secondary N) is 1. The monoisotopic (exact) mass is 342 g/mol. The molecule has 0 aliphatic carbocycles. The van der Waals surface area contributed by atoms with E-state index in [2.05, 4.69) is 16.4 Å². The van der Waals surface area contributed by atoms with Crippen molar-refractivity contribution in [3.05, 3.63) is 45.8 Å². The minimum Gasteiger partial charge on any atom is -0.394 e. The highest BCUT2D eigenvalue weighted by molar-refractivity contribution is 7.10. The molecule has 1 amide bonds. The number of rotatable bonds is 5. The molecule has 0 saturated carbocycles. The largest absolute Gasteiger partial charge is 0.394 e. The normalized spacial score (nSPS) is 16.8. The molecule has 2 aromatic heterocycles. The first-order valence-corrected chi connectivity index (χ1v) is 8.69. The Morgan fingerprint density at radius 3 is 3.17 bits per heavy atom. The van der Waals surface area contributed by atoms with Gasteiger partial charge in [-0.05, 0) is 31.0 Å². The molecule has 1 aliphatic rings. The van der Waals surface area contributed by atoms with Crippen LogP contribution in [-0.4, -0.2) is 40.1 Å². The molecular weight excluding hydrogens is 324 g/mol. The summed E-state index contributed by atoms with van der Waals surface area (Å²) in [5.74, 6) is 0.477. The Bertz CT molecular complexity index is 768. The van der Waals surface area contributed by atoms with Crippen molar-refractivity contribution in [1.29, 1.82) is 5.26 Å². The second-order valence-electron chi connectivity index (χ2n) is 5.65. The van der Waals surface area contributed by atoms with Crippen LogP contribution in [0.1, 0.15) is 33.8 Å². The van der Waals surface area contributed by atoms with Gasteiger partial charge in [-0.1, -0.05) is 6.07 Å². The van der Waals surface area contributed by atoms with E-state index in [9.17, 15) is 9.90 Å². The fraction of sp³-hybridized carbons (Fsp3) is 0.353. The summed E-state index contributed by atoms with van der Waals surface area (Å²) in [6, 6.07) is 9.13. The lowest BCUT2D eigenvalue weighted by Crippen LogP contribution is -2.38. The minimum atomic E-state index is -0.141. The van der Waals surface area contributed by atoms with E-state index in [4.69, 9.17) is 5.26 Å². The summed E-state index contributed by atoms with van der Waals surface area (Å²) in [6.45, 7) is 1.21. The van der Waals surface area contributed by atoms with Crippen LogP contribution in [0.2, 0.25) is 0 Å². The zero-order valence-corrected chi connectivity index (χ0v) is 13.9. The van der Waals surface area contributed by atoms with E-state index < -0.39 is 0 Å². The van der Waals surface area contributed by atoms with Gasteiger partial charge in [0.25, 0.3) is 5.91 Å². The number of thiophene rings is 1. The molecule has 0 radical (unpaired) electrons. The summed E-state index contributed by atoms with van der Waals surface area (Å²) < 4.78 is 0. The highest BCUT2D eigenvalue weighted by atomic mass is 32.1. The number of hydrogen-bond acceptors (Lipinski definition) is 6. The molecule has 1 saturated heterocycles. The van der Waals surface area contributed by atoms with Gasteiger partial charge < -0.3 is 15.3 Å². The number of nitriles is 1. The number of anilines is 1. The van der Waals surface area contributed by atoms with Gasteiger partial charge in [-0.3, -0.25) is 4.79 Å². The number of carbonyl (C=O) groups is 1. The van der Waals surface area contributed by atoms with Gasteiger partial charge in [0.05, 0.1) is 24.8 Å². The van der Waals surface area contributed by atoms with Crippen LogP contribution in [0.3, 0.4) is 0 Å². The van der Waals surface area contributed by atoms with E-state index in [1.54, 1.807) is 17.0 Å². The molecule has 7 heteroatoms. The van der Waals surface area contributed by atoms with Gasteiger partial charge in [0.1, 0.15) is 17.6 Å². The number of aliphatic hydroxyl groups excluding tert-OH is 1. The Labute approximate surface area is 144 Å². The Balaban J connectivity index is 1.67. The van der Waals surface area contributed by atoms with Crippen LogP contribution in [0.5, 0.6) is 0 Å². The maximum atomic E-state index is 12.6. The third-order valence-corrected chi connectivity index (χ3v) is 4.98. The molecule has 0 aromatic carbocycles. The van der Waals surface area contributed by atoms with Crippen molar-refractivity contribution in [3.8, 4) is 6.07 Å². The topological polar surface area (TPSA) is 89.2 Å². The van der Waals surface area contributed by atoms with Crippen molar-refractivity contribution in [2.75, 3.05) is 18.5 Å². The van der Waals surface area contributed by atoms with Crippen molar-refractivity contribution < 1.29 is 9.90 Å². The number of nitrogens with zero attached hydrogens (tertiary/aromatic N) is 3. The lowest BCUT2D eigenvalue weighted by Gasteiger charge is -2.22. The minimum absolute atomic E-state index is 0.0106. The number of pyridine rings is 1. The number of likely N-dealkylation sites (tertiary alicyclic amines) is 1. The fourth-order valence-corrected chi connectivity index (χ4v) is 3.55. The predicted octanol–water partition coefficient (Wildman–Crippen LogP) is 2.22. The maximum Gasteiger partial charge on any atom is 0.272 e. The highest BCUT2D eigenvalue weighted by Crippen LogP contribution is 2.20. The van der Waals surface area contributed by atoms with Crippen molar-refractivity contribution in [1.82, 2.24) is 9.88 Å². The second kappa shape index (κ2) is 7.43. The summed E-state index contributed by atoms with van der Waals surface area (Å²) in [7, 11) is 0. The van der Waals surface area contributed by atoms with E-state index >= 15 is 0 Å². The Hall–Kier alpha value is -2.43.